The summed E-state index contributed by atoms with van der Waals surface area (Å²) in [5, 5.41) is 3.13. The van der Waals surface area contributed by atoms with Crippen LogP contribution in [0.2, 0.25) is 0 Å². The molecule has 0 radical (unpaired) electrons. The van der Waals surface area contributed by atoms with Crippen molar-refractivity contribution in [1.29, 1.82) is 0 Å². The number of ether oxygens (including phenoxy) is 2. The zero-order chi connectivity index (χ0) is 15.7. The summed E-state index contributed by atoms with van der Waals surface area (Å²) in [5.74, 6) is 2.24. The standard InChI is InChI=1S/C15H18N4O3/c1-18(2)7-8-21-10-5-4-6-11-13(10)16-14-12(22-11)9-19(3)15(20)17-14/h4-6,9H,7-8H2,1-3H3,(H,16,17,20). The van der Waals surface area contributed by atoms with Crippen LogP contribution >= 0.6 is 0 Å². The van der Waals surface area contributed by atoms with E-state index in [1.807, 2.05) is 37.2 Å². The van der Waals surface area contributed by atoms with Crippen LogP contribution in [0.4, 0.5) is 11.5 Å². The average Bonchev–Trinajstić information content (AvgIpc) is 2.47. The van der Waals surface area contributed by atoms with Gasteiger partial charge in [-0.25, -0.2) is 4.79 Å². The van der Waals surface area contributed by atoms with Gasteiger partial charge in [0.1, 0.15) is 18.0 Å². The Morgan fingerprint density at radius 2 is 2.18 bits per heavy atom. The maximum absolute atomic E-state index is 11.7. The Kier molecular flexibility index (Phi) is 3.72. The van der Waals surface area contributed by atoms with E-state index >= 15 is 0 Å². The SMILES string of the molecule is CN(C)CCOc1cccc2c1Nc1nc(=O)n(C)cc1O2. The number of hydrogen-bond donors (Lipinski definition) is 1. The summed E-state index contributed by atoms with van der Waals surface area (Å²) in [6.45, 7) is 1.36. The zero-order valence-corrected chi connectivity index (χ0v) is 12.8. The van der Waals surface area contributed by atoms with Crippen LogP contribution in [0.3, 0.4) is 0 Å². The van der Waals surface area contributed by atoms with Crippen LogP contribution in [0, 0.1) is 0 Å². The van der Waals surface area contributed by atoms with E-state index in [2.05, 4.69) is 10.3 Å². The molecule has 7 nitrogen and oxygen atoms in total. The molecule has 0 amide bonds. The normalized spacial score (nSPS) is 12.2. The van der Waals surface area contributed by atoms with Gasteiger partial charge < -0.3 is 19.7 Å². The predicted molar refractivity (Wildman–Crippen MR) is 83.3 cm³/mol. The second-order valence-corrected chi connectivity index (χ2v) is 5.36. The van der Waals surface area contributed by atoms with Crippen LogP contribution in [0.1, 0.15) is 0 Å². The third-order valence-electron chi connectivity index (χ3n) is 3.30. The van der Waals surface area contributed by atoms with Crippen LogP contribution in [-0.2, 0) is 7.05 Å². The summed E-state index contributed by atoms with van der Waals surface area (Å²) >= 11 is 0. The van der Waals surface area contributed by atoms with Crippen molar-refractivity contribution < 1.29 is 9.47 Å². The van der Waals surface area contributed by atoms with Crippen molar-refractivity contribution in [3.63, 3.8) is 0 Å². The minimum Gasteiger partial charge on any atom is -0.490 e. The van der Waals surface area contributed by atoms with Crippen LogP contribution in [0.5, 0.6) is 17.2 Å². The van der Waals surface area contributed by atoms with Crippen LogP contribution in [0.15, 0.2) is 29.2 Å². The van der Waals surface area contributed by atoms with Crippen LogP contribution < -0.4 is 20.5 Å². The lowest BCUT2D eigenvalue weighted by molar-refractivity contribution is 0.261. The van der Waals surface area contributed by atoms with E-state index in [4.69, 9.17) is 9.47 Å². The molecule has 22 heavy (non-hydrogen) atoms. The van der Waals surface area contributed by atoms with E-state index in [0.717, 1.165) is 6.54 Å². The molecule has 2 heterocycles. The maximum Gasteiger partial charge on any atom is 0.349 e. The molecule has 0 unspecified atom stereocenters. The molecule has 3 rings (SSSR count). The molecule has 0 fully saturated rings. The fourth-order valence-corrected chi connectivity index (χ4v) is 2.10. The average molecular weight is 302 g/mol. The Hall–Kier alpha value is -2.54. The first-order chi connectivity index (χ1) is 10.5. The number of benzene rings is 1. The Morgan fingerprint density at radius 3 is 2.95 bits per heavy atom. The topological polar surface area (TPSA) is 68.6 Å². The predicted octanol–water partition coefficient (Wildman–Crippen LogP) is 1.57. The highest BCUT2D eigenvalue weighted by Crippen LogP contribution is 2.44. The number of aryl methyl sites for hydroxylation is 1. The van der Waals surface area contributed by atoms with Gasteiger partial charge >= 0.3 is 5.69 Å². The highest BCUT2D eigenvalue weighted by Gasteiger charge is 2.22. The van der Waals surface area contributed by atoms with Gasteiger partial charge in [-0.2, -0.15) is 4.98 Å². The molecule has 1 N–H and O–H groups in total. The summed E-state index contributed by atoms with van der Waals surface area (Å²) in [4.78, 5) is 17.7. The quantitative estimate of drug-likeness (QED) is 0.789. The lowest BCUT2D eigenvalue weighted by Crippen LogP contribution is -2.22. The molecule has 1 aromatic carbocycles. The van der Waals surface area contributed by atoms with E-state index in [1.165, 1.54) is 4.57 Å². The monoisotopic (exact) mass is 302 g/mol. The second-order valence-electron chi connectivity index (χ2n) is 5.36. The van der Waals surface area contributed by atoms with Crippen LogP contribution in [0.25, 0.3) is 0 Å². The van der Waals surface area contributed by atoms with Crippen molar-refractivity contribution in [2.24, 2.45) is 7.05 Å². The van der Waals surface area contributed by atoms with E-state index in [-0.39, 0.29) is 5.69 Å². The Balaban J connectivity index is 1.88. The smallest absolute Gasteiger partial charge is 0.349 e. The highest BCUT2D eigenvalue weighted by atomic mass is 16.5. The molecule has 0 aliphatic carbocycles. The van der Waals surface area contributed by atoms with Gasteiger partial charge in [-0.3, -0.25) is 4.57 Å². The lowest BCUT2D eigenvalue weighted by atomic mass is 10.2. The maximum atomic E-state index is 11.7. The molecular weight excluding hydrogens is 284 g/mol. The third kappa shape index (κ3) is 2.75. The van der Waals surface area contributed by atoms with Crippen LogP contribution in [-0.4, -0.2) is 41.7 Å². The van der Waals surface area contributed by atoms with Gasteiger partial charge in [0.05, 0.1) is 6.20 Å². The number of anilines is 2. The van der Waals surface area contributed by atoms with E-state index in [0.29, 0.717) is 35.4 Å². The van der Waals surface area contributed by atoms with Crippen molar-refractivity contribution in [2.45, 2.75) is 0 Å². The van der Waals surface area contributed by atoms with E-state index in [1.54, 1.807) is 13.2 Å². The fourth-order valence-electron chi connectivity index (χ4n) is 2.10. The summed E-state index contributed by atoms with van der Waals surface area (Å²) in [6, 6.07) is 5.57. The number of fused-ring (bicyclic) bond motifs is 2. The van der Waals surface area contributed by atoms with Gasteiger partial charge in [-0.15, -0.1) is 0 Å². The molecule has 0 saturated heterocycles. The van der Waals surface area contributed by atoms with E-state index in [9.17, 15) is 4.79 Å². The van der Waals surface area contributed by atoms with Gasteiger partial charge in [0.15, 0.2) is 17.3 Å². The number of hydrogen-bond acceptors (Lipinski definition) is 6. The summed E-state index contributed by atoms with van der Waals surface area (Å²) in [5.41, 5.74) is 0.346. The summed E-state index contributed by atoms with van der Waals surface area (Å²) in [7, 11) is 5.61. The molecule has 0 saturated carbocycles. The second kappa shape index (κ2) is 5.69. The van der Waals surface area contributed by atoms with Gasteiger partial charge in [-0.05, 0) is 26.2 Å². The Labute approximate surface area is 128 Å². The molecule has 0 bridgehead atoms. The molecular formula is C15H18N4O3. The molecule has 1 aliphatic heterocycles. The van der Waals surface area contributed by atoms with Gasteiger partial charge in [0, 0.05) is 13.6 Å². The molecule has 0 atom stereocenters. The lowest BCUT2D eigenvalue weighted by Gasteiger charge is -2.23. The number of nitrogens with one attached hydrogen (secondary N) is 1. The summed E-state index contributed by atoms with van der Waals surface area (Å²) < 4.78 is 13.0. The number of aromatic nitrogens is 2. The van der Waals surface area contributed by atoms with Crippen molar-refractivity contribution in [3.05, 3.63) is 34.9 Å². The molecule has 7 heteroatoms. The minimum atomic E-state index is -0.343. The number of rotatable bonds is 4. The highest BCUT2D eigenvalue weighted by molar-refractivity contribution is 5.77. The zero-order valence-electron chi connectivity index (χ0n) is 12.8. The number of nitrogens with zero attached hydrogens (tertiary/aromatic N) is 3. The van der Waals surface area contributed by atoms with Gasteiger partial charge in [0.25, 0.3) is 0 Å². The molecule has 1 aliphatic rings. The molecule has 2 aromatic rings. The molecule has 116 valence electrons. The molecule has 0 spiro atoms. The van der Waals surface area contributed by atoms with Gasteiger partial charge in [0.2, 0.25) is 0 Å². The Bertz CT molecular complexity index is 755. The summed E-state index contributed by atoms with van der Waals surface area (Å²) in [6.07, 6.45) is 1.61. The van der Waals surface area contributed by atoms with Crippen molar-refractivity contribution >= 4 is 11.5 Å². The molecule has 1 aromatic heterocycles. The first-order valence-corrected chi connectivity index (χ1v) is 6.97. The Morgan fingerprint density at radius 1 is 1.36 bits per heavy atom. The van der Waals surface area contributed by atoms with E-state index < -0.39 is 0 Å². The van der Waals surface area contributed by atoms with Crippen molar-refractivity contribution in [1.82, 2.24) is 14.5 Å². The fraction of sp³-hybridized carbons (Fsp3) is 0.333. The van der Waals surface area contributed by atoms with Gasteiger partial charge in [-0.1, -0.05) is 6.07 Å². The largest absolute Gasteiger partial charge is 0.490 e. The van der Waals surface area contributed by atoms with Crippen molar-refractivity contribution in [3.8, 4) is 17.2 Å². The number of para-hydroxylation sites is 1. The first kappa shape index (κ1) is 14.4. The first-order valence-electron chi connectivity index (χ1n) is 6.97. The van der Waals surface area contributed by atoms with Crippen molar-refractivity contribution in [2.75, 3.05) is 32.6 Å². The third-order valence-corrected chi connectivity index (χ3v) is 3.30. The minimum absolute atomic E-state index is 0.343. The number of likely N-dealkylation sites (N-methyl/N-ethyl adjacent to an activating group) is 1.